The molecule has 1 aliphatic rings. The summed E-state index contributed by atoms with van der Waals surface area (Å²) in [4.78, 5) is 3.84. The SMILES string of the molecule is C=NC(N)c1ccc2c(c1)CCCC2. The van der Waals surface area contributed by atoms with E-state index in [2.05, 4.69) is 29.9 Å². The van der Waals surface area contributed by atoms with Gasteiger partial charge < -0.3 is 5.73 Å². The third kappa shape index (κ3) is 1.70. The normalized spacial score (nSPS) is 17.2. The van der Waals surface area contributed by atoms with E-state index < -0.39 is 0 Å². The van der Waals surface area contributed by atoms with Crippen LogP contribution in [0.3, 0.4) is 0 Å². The van der Waals surface area contributed by atoms with Gasteiger partial charge in [-0.05, 0) is 49.1 Å². The van der Waals surface area contributed by atoms with Crippen LogP contribution >= 0.6 is 0 Å². The summed E-state index contributed by atoms with van der Waals surface area (Å²) in [6.45, 7) is 3.47. The molecule has 2 rings (SSSR count). The van der Waals surface area contributed by atoms with Crippen molar-refractivity contribution in [2.75, 3.05) is 0 Å². The number of benzene rings is 1. The molecule has 0 aromatic heterocycles. The fourth-order valence-electron chi connectivity index (χ4n) is 2.04. The molecule has 0 radical (unpaired) electrons. The Morgan fingerprint density at radius 2 is 1.93 bits per heavy atom. The summed E-state index contributed by atoms with van der Waals surface area (Å²) in [5.41, 5.74) is 9.82. The van der Waals surface area contributed by atoms with Crippen molar-refractivity contribution in [2.45, 2.75) is 31.8 Å². The summed E-state index contributed by atoms with van der Waals surface area (Å²) in [6.07, 6.45) is 4.76. The Kier molecular flexibility index (Phi) is 2.64. The van der Waals surface area contributed by atoms with E-state index in [9.17, 15) is 0 Å². The second kappa shape index (κ2) is 3.93. The summed E-state index contributed by atoms with van der Waals surface area (Å²) in [5.74, 6) is 0. The van der Waals surface area contributed by atoms with Crippen LogP contribution in [0.1, 0.15) is 35.7 Å². The predicted octanol–water partition coefficient (Wildman–Crippen LogP) is 2.22. The average molecular weight is 188 g/mol. The number of nitrogens with zero attached hydrogens (tertiary/aromatic N) is 1. The maximum atomic E-state index is 5.80. The molecule has 1 aromatic carbocycles. The van der Waals surface area contributed by atoms with Crippen molar-refractivity contribution in [3.8, 4) is 0 Å². The number of rotatable bonds is 2. The first-order valence-corrected chi connectivity index (χ1v) is 5.14. The molecule has 74 valence electrons. The van der Waals surface area contributed by atoms with Crippen LogP contribution in [0, 0.1) is 0 Å². The van der Waals surface area contributed by atoms with Gasteiger partial charge in [-0.2, -0.15) is 0 Å². The summed E-state index contributed by atoms with van der Waals surface area (Å²) in [6, 6.07) is 6.45. The molecule has 2 N–H and O–H groups in total. The highest BCUT2D eigenvalue weighted by molar-refractivity contribution is 5.36. The first-order valence-electron chi connectivity index (χ1n) is 5.14. The number of hydrogen-bond acceptors (Lipinski definition) is 2. The quantitative estimate of drug-likeness (QED) is 0.710. The number of hydrogen-bond donors (Lipinski definition) is 1. The van der Waals surface area contributed by atoms with Gasteiger partial charge in [0.05, 0.1) is 0 Å². The zero-order valence-corrected chi connectivity index (χ0v) is 8.37. The highest BCUT2D eigenvalue weighted by Crippen LogP contribution is 2.24. The Morgan fingerprint density at radius 3 is 2.64 bits per heavy atom. The molecule has 1 aliphatic carbocycles. The minimum absolute atomic E-state index is 0.262. The predicted molar refractivity (Wildman–Crippen MR) is 59.6 cm³/mol. The minimum atomic E-state index is -0.262. The molecule has 1 unspecified atom stereocenters. The molecule has 14 heavy (non-hydrogen) atoms. The van der Waals surface area contributed by atoms with Gasteiger partial charge in [-0.1, -0.05) is 18.2 Å². The third-order valence-electron chi connectivity index (χ3n) is 2.91. The lowest BCUT2D eigenvalue weighted by Crippen LogP contribution is -2.09. The summed E-state index contributed by atoms with van der Waals surface area (Å²) in [7, 11) is 0. The van der Waals surface area contributed by atoms with Crippen molar-refractivity contribution >= 4 is 6.72 Å². The Hall–Kier alpha value is -1.15. The number of fused-ring (bicyclic) bond motifs is 1. The molecule has 2 heteroatoms. The van der Waals surface area contributed by atoms with Gasteiger partial charge >= 0.3 is 0 Å². The lowest BCUT2D eigenvalue weighted by atomic mass is 9.90. The van der Waals surface area contributed by atoms with Gasteiger partial charge in [0.25, 0.3) is 0 Å². The molecule has 0 aliphatic heterocycles. The Morgan fingerprint density at radius 1 is 1.21 bits per heavy atom. The number of nitrogens with two attached hydrogens (primary N) is 1. The van der Waals surface area contributed by atoms with E-state index in [1.807, 2.05) is 0 Å². The second-order valence-electron chi connectivity index (χ2n) is 3.86. The molecular weight excluding hydrogens is 172 g/mol. The monoisotopic (exact) mass is 188 g/mol. The molecule has 2 nitrogen and oxygen atoms in total. The van der Waals surface area contributed by atoms with Gasteiger partial charge in [0.2, 0.25) is 0 Å². The zero-order valence-electron chi connectivity index (χ0n) is 8.37. The maximum Gasteiger partial charge on any atom is 0.122 e. The molecule has 0 saturated heterocycles. The van der Waals surface area contributed by atoms with Crippen LogP contribution in [0.4, 0.5) is 0 Å². The van der Waals surface area contributed by atoms with Crippen molar-refractivity contribution in [2.24, 2.45) is 10.7 Å². The van der Waals surface area contributed by atoms with E-state index >= 15 is 0 Å². The first kappa shape index (κ1) is 9.41. The molecule has 0 amide bonds. The lowest BCUT2D eigenvalue weighted by Gasteiger charge is -2.17. The molecule has 1 aromatic rings. The van der Waals surface area contributed by atoms with Crippen molar-refractivity contribution in [1.29, 1.82) is 0 Å². The Labute approximate surface area is 84.9 Å². The smallest absolute Gasteiger partial charge is 0.122 e. The third-order valence-corrected chi connectivity index (χ3v) is 2.91. The van der Waals surface area contributed by atoms with E-state index in [1.165, 1.54) is 36.8 Å². The molecule has 0 saturated carbocycles. The van der Waals surface area contributed by atoms with Crippen LogP contribution in [-0.2, 0) is 12.8 Å². The van der Waals surface area contributed by atoms with Crippen LogP contribution in [-0.4, -0.2) is 6.72 Å². The van der Waals surface area contributed by atoms with Crippen molar-refractivity contribution in [1.82, 2.24) is 0 Å². The number of aliphatic imine (C=N–C) groups is 1. The van der Waals surface area contributed by atoms with Gasteiger partial charge in [0, 0.05) is 0 Å². The largest absolute Gasteiger partial charge is 0.306 e. The number of aryl methyl sites for hydroxylation is 2. The average Bonchev–Trinajstić information content (AvgIpc) is 2.27. The Balaban J connectivity index is 2.33. The van der Waals surface area contributed by atoms with Crippen LogP contribution < -0.4 is 5.73 Å². The summed E-state index contributed by atoms with van der Waals surface area (Å²) in [5, 5.41) is 0. The van der Waals surface area contributed by atoms with Crippen molar-refractivity contribution in [3.63, 3.8) is 0 Å². The van der Waals surface area contributed by atoms with Gasteiger partial charge in [0.15, 0.2) is 0 Å². The molecule has 0 spiro atoms. The summed E-state index contributed by atoms with van der Waals surface area (Å²) >= 11 is 0. The molecular formula is C12H16N2. The van der Waals surface area contributed by atoms with E-state index in [0.717, 1.165) is 5.56 Å². The standard InChI is InChI=1S/C12H16N2/c1-14-12(13)11-7-6-9-4-2-3-5-10(9)8-11/h6-8,12H,1-5,13H2. The fourth-order valence-corrected chi connectivity index (χ4v) is 2.04. The summed E-state index contributed by atoms with van der Waals surface area (Å²) < 4.78 is 0. The van der Waals surface area contributed by atoms with Gasteiger partial charge in [-0.3, -0.25) is 4.99 Å². The van der Waals surface area contributed by atoms with Crippen LogP contribution in [0.5, 0.6) is 0 Å². The van der Waals surface area contributed by atoms with Crippen LogP contribution in [0.2, 0.25) is 0 Å². The first-order chi connectivity index (χ1) is 6.81. The minimum Gasteiger partial charge on any atom is -0.306 e. The van der Waals surface area contributed by atoms with Gasteiger partial charge in [-0.15, -0.1) is 0 Å². The molecule has 0 heterocycles. The van der Waals surface area contributed by atoms with E-state index in [-0.39, 0.29) is 6.17 Å². The molecule has 0 bridgehead atoms. The second-order valence-corrected chi connectivity index (χ2v) is 3.86. The molecule has 1 atom stereocenters. The van der Waals surface area contributed by atoms with Crippen molar-refractivity contribution in [3.05, 3.63) is 34.9 Å². The lowest BCUT2D eigenvalue weighted by molar-refractivity contribution is 0.680. The topological polar surface area (TPSA) is 38.4 Å². The van der Waals surface area contributed by atoms with Crippen LogP contribution in [0.15, 0.2) is 23.2 Å². The highest BCUT2D eigenvalue weighted by atomic mass is 14.9. The van der Waals surface area contributed by atoms with Crippen LogP contribution in [0.25, 0.3) is 0 Å². The fraction of sp³-hybridized carbons (Fsp3) is 0.417. The zero-order chi connectivity index (χ0) is 9.97. The van der Waals surface area contributed by atoms with Gasteiger partial charge in [0.1, 0.15) is 6.17 Å². The maximum absolute atomic E-state index is 5.80. The highest BCUT2D eigenvalue weighted by Gasteiger charge is 2.11. The molecule has 0 fully saturated rings. The van der Waals surface area contributed by atoms with Gasteiger partial charge in [-0.25, -0.2) is 0 Å². The van der Waals surface area contributed by atoms with E-state index in [0.29, 0.717) is 0 Å². The van der Waals surface area contributed by atoms with Crippen molar-refractivity contribution < 1.29 is 0 Å². The van der Waals surface area contributed by atoms with E-state index in [4.69, 9.17) is 5.73 Å². The van der Waals surface area contributed by atoms with E-state index in [1.54, 1.807) is 0 Å². The Bertz CT molecular complexity index is 344.